The zero-order chi connectivity index (χ0) is 16.1. The van der Waals surface area contributed by atoms with Crippen LogP contribution in [0.5, 0.6) is 0 Å². The third kappa shape index (κ3) is 2.14. The lowest BCUT2D eigenvalue weighted by Crippen LogP contribution is -2.07. The number of carbonyl (C=O) groups is 1. The molecule has 0 N–H and O–H groups in total. The molecule has 0 saturated carbocycles. The first-order valence-corrected chi connectivity index (χ1v) is 9.18. The zero-order valence-electron chi connectivity index (χ0n) is 12.9. The first-order chi connectivity index (χ1) is 11.1. The lowest BCUT2D eigenvalue weighted by atomic mass is 9.90. The molecule has 0 fully saturated rings. The summed E-state index contributed by atoms with van der Waals surface area (Å²) in [4.78, 5) is 13.7. The summed E-state index contributed by atoms with van der Waals surface area (Å²) in [6.45, 7) is 3.77. The third-order valence-electron chi connectivity index (χ3n) is 4.55. The fraction of sp³-hybridized carbons (Fsp3) is 0.150. The highest BCUT2D eigenvalue weighted by Gasteiger charge is 2.36. The van der Waals surface area contributed by atoms with E-state index in [1.165, 1.54) is 26.1 Å². The minimum absolute atomic E-state index is 0.0375. The molecular weight excluding hydrogens is 368 g/mol. The van der Waals surface area contributed by atoms with Gasteiger partial charge in [0.15, 0.2) is 5.78 Å². The van der Waals surface area contributed by atoms with Gasteiger partial charge in [-0.15, -0.1) is 11.3 Å². The molecule has 0 radical (unpaired) electrons. The first-order valence-electron chi connectivity index (χ1n) is 7.57. The molecule has 1 heterocycles. The van der Waals surface area contributed by atoms with E-state index >= 15 is 0 Å². The molecule has 1 aliphatic carbocycles. The second-order valence-corrected chi connectivity index (χ2v) is 7.82. The summed E-state index contributed by atoms with van der Waals surface area (Å²) in [5.41, 5.74) is 4.49. The Balaban J connectivity index is 2.07. The third-order valence-corrected chi connectivity index (χ3v) is 6.51. The lowest BCUT2D eigenvalue weighted by molar-refractivity contribution is -0.113. The zero-order valence-corrected chi connectivity index (χ0v) is 15.3. The van der Waals surface area contributed by atoms with Crippen LogP contribution in [0, 0.1) is 0 Å². The van der Waals surface area contributed by atoms with Crippen molar-refractivity contribution in [2.75, 3.05) is 0 Å². The maximum Gasteiger partial charge on any atom is 0.157 e. The Morgan fingerprint density at radius 1 is 1.09 bits per heavy atom. The van der Waals surface area contributed by atoms with Gasteiger partial charge < -0.3 is 0 Å². The van der Waals surface area contributed by atoms with Crippen molar-refractivity contribution in [3.8, 4) is 0 Å². The van der Waals surface area contributed by atoms with Crippen LogP contribution in [0.3, 0.4) is 0 Å². The molecule has 0 aliphatic heterocycles. The van der Waals surface area contributed by atoms with E-state index in [0.717, 1.165) is 15.6 Å². The van der Waals surface area contributed by atoms with Crippen LogP contribution >= 0.6 is 27.3 Å². The Morgan fingerprint density at radius 3 is 2.52 bits per heavy atom. The van der Waals surface area contributed by atoms with Crippen LogP contribution in [0.4, 0.5) is 0 Å². The number of allylic oxidation sites excluding steroid dienone is 2. The van der Waals surface area contributed by atoms with Crippen LogP contribution in [-0.2, 0) is 4.79 Å². The maximum absolute atomic E-state index is 12.4. The monoisotopic (exact) mass is 382 g/mol. The number of fused-ring (bicyclic) bond motifs is 3. The smallest absolute Gasteiger partial charge is 0.157 e. The topological polar surface area (TPSA) is 17.1 Å². The molecule has 1 aromatic heterocycles. The van der Waals surface area contributed by atoms with Gasteiger partial charge in [0.1, 0.15) is 0 Å². The number of hydrogen-bond acceptors (Lipinski definition) is 2. The summed E-state index contributed by atoms with van der Waals surface area (Å²) in [5.74, 6) is 0.200. The molecule has 23 heavy (non-hydrogen) atoms. The number of thiophene rings is 1. The predicted molar refractivity (Wildman–Crippen MR) is 101 cm³/mol. The number of Topliss-reactive ketones (excluding diaryl/α,β-unsaturated/α-hetero) is 1. The van der Waals surface area contributed by atoms with E-state index in [0.29, 0.717) is 0 Å². The Bertz CT molecular complexity index is 980. The highest BCUT2D eigenvalue weighted by molar-refractivity contribution is 9.10. The molecule has 2 aromatic carbocycles. The van der Waals surface area contributed by atoms with Gasteiger partial charge in [-0.1, -0.05) is 52.3 Å². The predicted octanol–water partition coefficient (Wildman–Crippen LogP) is 6.17. The van der Waals surface area contributed by atoms with Gasteiger partial charge in [0.2, 0.25) is 0 Å². The Labute approximate surface area is 147 Å². The number of benzene rings is 2. The Kier molecular flexibility index (Phi) is 3.51. The van der Waals surface area contributed by atoms with Crippen molar-refractivity contribution in [3.63, 3.8) is 0 Å². The number of ketones is 1. The van der Waals surface area contributed by atoms with E-state index < -0.39 is 0 Å². The normalized spacial score (nSPS) is 16.9. The van der Waals surface area contributed by atoms with Crippen LogP contribution in [0.15, 0.2) is 58.6 Å². The molecule has 0 bridgehead atoms. The Morgan fingerprint density at radius 2 is 1.78 bits per heavy atom. The second-order valence-electron chi connectivity index (χ2n) is 5.89. The van der Waals surface area contributed by atoms with Crippen molar-refractivity contribution >= 4 is 48.7 Å². The van der Waals surface area contributed by atoms with Crippen molar-refractivity contribution in [2.45, 2.75) is 19.8 Å². The SMILES string of the molecule is CC(=O)C1=C(C)c2c(sc3ccccc23)C1c1ccccc1Br. The average molecular weight is 383 g/mol. The molecule has 1 unspecified atom stereocenters. The summed E-state index contributed by atoms with van der Waals surface area (Å²) in [6.07, 6.45) is 0. The number of halogens is 1. The molecule has 1 atom stereocenters. The average Bonchev–Trinajstić information content (AvgIpc) is 3.03. The quantitative estimate of drug-likeness (QED) is 0.517. The van der Waals surface area contributed by atoms with E-state index in [4.69, 9.17) is 0 Å². The summed E-state index contributed by atoms with van der Waals surface area (Å²) in [5, 5.41) is 1.26. The van der Waals surface area contributed by atoms with Crippen LogP contribution in [0.2, 0.25) is 0 Å². The molecule has 114 valence electrons. The summed E-state index contributed by atoms with van der Waals surface area (Å²) in [7, 11) is 0. The molecule has 1 nitrogen and oxygen atoms in total. The standard InChI is InChI=1S/C20H15BrOS/c1-11-17(12(2)22)19(13-7-3-5-9-15(13)21)20-18(11)14-8-4-6-10-16(14)23-20/h3-10,19H,1-2H3. The van der Waals surface area contributed by atoms with Gasteiger partial charge in [-0.05, 0) is 37.1 Å². The van der Waals surface area contributed by atoms with Gasteiger partial charge in [-0.25, -0.2) is 0 Å². The summed E-state index contributed by atoms with van der Waals surface area (Å²) in [6, 6.07) is 16.7. The number of hydrogen-bond donors (Lipinski definition) is 0. The maximum atomic E-state index is 12.4. The van der Waals surface area contributed by atoms with Crippen LogP contribution in [0.1, 0.15) is 35.8 Å². The number of rotatable bonds is 2. The van der Waals surface area contributed by atoms with Gasteiger partial charge in [0, 0.05) is 36.5 Å². The molecular formula is C20H15BrOS. The second kappa shape index (κ2) is 5.43. The fourth-order valence-corrected chi connectivity index (χ4v) is 5.52. The summed E-state index contributed by atoms with van der Waals surface area (Å²) >= 11 is 5.48. The van der Waals surface area contributed by atoms with Crippen molar-refractivity contribution in [2.24, 2.45) is 0 Å². The highest BCUT2D eigenvalue weighted by atomic mass is 79.9. The van der Waals surface area contributed by atoms with E-state index in [9.17, 15) is 4.79 Å². The van der Waals surface area contributed by atoms with Crippen LogP contribution < -0.4 is 0 Å². The molecule has 3 heteroatoms. The van der Waals surface area contributed by atoms with Crippen molar-refractivity contribution in [3.05, 3.63) is 74.6 Å². The van der Waals surface area contributed by atoms with Crippen molar-refractivity contribution < 1.29 is 4.79 Å². The Hall–Kier alpha value is -1.71. The minimum Gasteiger partial charge on any atom is -0.295 e. The molecule has 0 amide bonds. The fourth-order valence-electron chi connectivity index (χ4n) is 3.61. The molecule has 0 saturated heterocycles. The van der Waals surface area contributed by atoms with Gasteiger partial charge in [-0.3, -0.25) is 4.79 Å². The van der Waals surface area contributed by atoms with Gasteiger partial charge >= 0.3 is 0 Å². The molecule has 1 aliphatic rings. The van der Waals surface area contributed by atoms with E-state index in [2.05, 4.69) is 53.2 Å². The minimum atomic E-state index is 0.0375. The van der Waals surface area contributed by atoms with E-state index in [1.54, 1.807) is 6.92 Å². The van der Waals surface area contributed by atoms with Crippen LogP contribution in [-0.4, -0.2) is 5.78 Å². The summed E-state index contributed by atoms with van der Waals surface area (Å²) < 4.78 is 2.35. The van der Waals surface area contributed by atoms with Crippen molar-refractivity contribution in [1.29, 1.82) is 0 Å². The molecule has 4 rings (SSSR count). The van der Waals surface area contributed by atoms with E-state index in [-0.39, 0.29) is 11.7 Å². The van der Waals surface area contributed by atoms with Crippen molar-refractivity contribution in [1.82, 2.24) is 0 Å². The molecule has 0 spiro atoms. The van der Waals surface area contributed by atoms with Crippen LogP contribution in [0.25, 0.3) is 15.7 Å². The van der Waals surface area contributed by atoms with E-state index in [1.807, 2.05) is 29.5 Å². The van der Waals surface area contributed by atoms with Gasteiger partial charge in [-0.2, -0.15) is 0 Å². The van der Waals surface area contributed by atoms with Gasteiger partial charge in [0.05, 0.1) is 0 Å². The first kappa shape index (κ1) is 14.9. The van der Waals surface area contributed by atoms with Gasteiger partial charge in [0.25, 0.3) is 0 Å². The molecule has 3 aromatic rings. The highest BCUT2D eigenvalue weighted by Crippen LogP contribution is 2.53. The number of carbonyl (C=O) groups excluding carboxylic acids is 1. The lowest BCUT2D eigenvalue weighted by Gasteiger charge is -2.16. The largest absolute Gasteiger partial charge is 0.295 e.